The van der Waals surface area contributed by atoms with Crippen LogP contribution in [0.15, 0.2) is 48.5 Å². The van der Waals surface area contributed by atoms with Gasteiger partial charge < -0.3 is 19.6 Å². The van der Waals surface area contributed by atoms with Crippen LogP contribution in [0.25, 0.3) is 0 Å². The minimum atomic E-state index is -2.89. The molecule has 0 spiro atoms. The smallest absolute Gasteiger partial charge is 0.387 e. The zero-order valence-corrected chi connectivity index (χ0v) is 13.4. The van der Waals surface area contributed by atoms with Crippen molar-refractivity contribution >= 4 is 11.6 Å². The first-order chi connectivity index (χ1) is 12.0. The maximum absolute atomic E-state index is 12.5. The molecule has 2 aromatic carbocycles. The largest absolute Gasteiger partial charge is 0.506 e. The van der Waals surface area contributed by atoms with E-state index >= 15 is 0 Å². The number of phenolic OH excluding ortho intramolecular Hbond substituents is 1. The van der Waals surface area contributed by atoms with Gasteiger partial charge in [-0.2, -0.15) is 8.78 Å². The van der Waals surface area contributed by atoms with Gasteiger partial charge in [-0.1, -0.05) is 12.1 Å². The maximum Gasteiger partial charge on any atom is 0.387 e. The standard InChI is InChI=1S/C18H18F2N2O3/c19-18(20)25-14-7-5-13(6-8-14)17(24)22-11-9-21(10-12-22)15-3-1-2-4-16(15)23/h1-8,18,23H,9-12H2. The van der Waals surface area contributed by atoms with E-state index in [1.807, 2.05) is 17.0 Å². The number of halogens is 2. The molecule has 0 aromatic heterocycles. The molecule has 0 saturated carbocycles. The molecule has 0 unspecified atom stereocenters. The summed E-state index contributed by atoms with van der Waals surface area (Å²) in [5.74, 6) is 0.0911. The molecule has 0 atom stereocenters. The van der Waals surface area contributed by atoms with Gasteiger partial charge in [-0.15, -0.1) is 0 Å². The van der Waals surface area contributed by atoms with Crippen LogP contribution in [0.2, 0.25) is 0 Å². The van der Waals surface area contributed by atoms with Crippen molar-refractivity contribution in [1.82, 2.24) is 4.90 Å². The number of piperazine rings is 1. The first kappa shape index (κ1) is 17.0. The van der Waals surface area contributed by atoms with Crippen LogP contribution in [-0.2, 0) is 0 Å². The van der Waals surface area contributed by atoms with Crippen molar-refractivity contribution in [2.75, 3.05) is 31.1 Å². The number of nitrogens with zero attached hydrogens (tertiary/aromatic N) is 2. The molecule has 0 bridgehead atoms. The van der Waals surface area contributed by atoms with Gasteiger partial charge in [0.1, 0.15) is 11.5 Å². The second kappa shape index (κ2) is 7.38. The lowest BCUT2D eigenvalue weighted by Crippen LogP contribution is -2.48. The van der Waals surface area contributed by atoms with Gasteiger partial charge in [-0.25, -0.2) is 0 Å². The summed E-state index contributed by atoms with van der Waals surface area (Å²) in [6.45, 7) is -0.638. The number of anilines is 1. The lowest BCUT2D eigenvalue weighted by atomic mass is 10.1. The molecule has 0 aliphatic carbocycles. The SMILES string of the molecule is O=C(c1ccc(OC(F)F)cc1)N1CCN(c2ccccc2O)CC1. The predicted octanol–water partition coefficient (Wildman–Crippen LogP) is 2.96. The topological polar surface area (TPSA) is 53.0 Å². The van der Waals surface area contributed by atoms with Gasteiger partial charge in [-0.3, -0.25) is 4.79 Å². The summed E-state index contributed by atoms with van der Waals surface area (Å²) in [4.78, 5) is 16.2. The normalized spacial score (nSPS) is 14.7. The first-order valence-electron chi connectivity index (χ1n) is 7.91. The number of rotatable bonds is 4. The Labute approximate surface area is 144 Å². The van der Waals surface area contributed by atoms with E-state index < -0.39 is 6.61 Å². The van der Waals surface area contributed by atoms with E-state index in [0.29, 0.717) is 31.7 Å². The molecule has 3 rings (SSSR count). The zero-order valence-electron chi connectivity index (χ0n) is 13.4. The van der Waals surface area contributed by atoms with Crippen molar-refractivity contribution in [2.24, 2.45) is 0 Å². The van der Waals surface area contributed by atoms with Crippen molar-refractivity contribution in [1.29, 1.82) is 0 Å². The van der Waals surface area contributed by atoms with E-state index in [1.165, 1.54) is 24.3 Å². The lowest BCUT2D eigenvalue weighted by molar-refractivity contribution is -0.0498. The van der Waals surface area contributed by atoms with E-state index in [9.17, 15) is 18.7 Å². The maximum atomic E-state index is 12.5. The predicted molar refractivity (Wildman–Crippen MR) is 89.3 cm³/mol. The van der Waals surface area contributed by atoms with E-state index in [2.05, 4.69) is 4.74 Å². The summed E-state index contributed by atoms with van der Waals surface area (Å²) in [5, 5.41) is 9.92. The average Bonchev–Trinajstić information content (AvgIpc) is 2.62. The molecule has 25 heavy (non-hydrogen) atoms. The summed E-state index contributed by atoms with van der Waals surface area (Å²) in [7, 11) is 0. The van der Waals surface area contributed by atoms with Crippen molar-refractivity contribution in [3.8, 4) is 11.5 Å². The molecule has 0 radical (unpaired) electrons. The van der Waals surface area contributed by atoms with Gasteiger partial charge in [0.05, 0.1) is 5.69 Å². The summed E-state index contributed by atoms with van der Waals surface area (Å²) in [6, 6.07) is 12.8. The number of phenols is 1. The molecule has 1 saturated heterocycles. The average molecular weight is 348 g/mol. The van der Waals surface area contributed by atoms with Crippen LogP contribution in [0.5, 0.6) is 11.5 Å². The third-order valence-corrected chi connectivity index (χ3v) is 4.12. The number of para-hydroxylation sites is 2. The fraction of sp³-hybridized carbons (Fsp3) is 0.278. The summed E-state index contributed by atoms with van der Waals surface area (Å²) in [5.41, 5.74) is 1.18. The Balaban J connectivity index is 1.61. The highest BCUT2D eigenvalue weighted by Gasteiger charge is 2.23. The molecule has 1 N–H and O–H groups in total. The van der Waals surface area contributed by atoms with Crippen LogP contribution in [-0.4, -0.2) is 48.7 Å². The highest BCUT2D eigenvalue weighted by Crippen LogP contribution is 2.27. The van der Waals surface area contributed by atoms with Gasteiger partial charge in [-0.05, 0) is 36.4 Å². The van der Waals surface area contributed by atoms with E-state index in [0.717, 1.165) is 5.69 Å². The lowest BCUT2D eigenvalue weighted by Gasteiger charge is -2.36. The molecule has 1 heterocycles. The molecule has 7 heteroatoms. The number of aromatic hydroxyl groups is 1. The van der Waals surface area contributed by atoms with Crippen LogP contribution >= 0.6 is 0 Å². The minimum Gasteiger partial charge on any atom is -0.506 e. The van der Waals surface area contributed by atoms with Crippen molar-refractivity contribution in [3.63, 3.8) is 0 Å². The van der Waals surface area contributed by atoms with Crippen molar-refractivity contribution < 1.29 is 23.4 Å². The molecule has 5 nitrogen and oxygen atoms in total. The fourth-order valence-corrected chi connectivity index (χ4v) is 2.84. The third-order valence-electron chi connectivity index (χ3n) is 4.12. The van der Waals surface area contributed by atoms with Gasteiger partial charge in [0.25, 0.3) is 5.91 Å². The fourth-order valence-electron chi connectivity index (χ4n) is 2.84. The highest BCUT2D eigenvalue weighted by atomic mass is 19.3. The molecule has 1 aliphatic heterocycles. The first-order valence-corrected chi connectivity index (χ1v) is 7.91. The van der Waals surface area contributed by atoms with Crippen molar-refractivity contribution in [3.05, 3.63) is 54.1 Å². The van der Waals surface area contributed by atoms with E-state index in [1.54, 1.807) is 17.0 Å². The number of hydrogen-bond acceptors (Lipinski definition) is 4. The number of carbonyl (C=O) groups excluding carboxylic acids is 1. The summed E-state index contributed by atoms with van der Waals surface area (Å²) >= 11 is 0. The van der Waals surface area contributed by atoms with Crippen LogP contribution in [0.3, 0.4) is 0 Å². The summed E-state index contributed by atoms with van der Waals surface area (Å²) < 4.78 is 28.6. The summed E-state index contributed by atoms with van der Waals surface area (Å²) in [6.07, 6.45) is 0. The Bertz CT molecular complexity index is 729. The number of alkyl halides is 2. The third kappa shape index (κ3) is 3.99. The van der Waals surface area contributed by atoms with E-state index in [4.69, 9.17) is 0 Å². The Kier molecular flexibility index (Phi) is 5.02. The molecule has 1 amide bonds. The Morgan fingerprint density at radius 2 is 1.64 bits per heavy atom. The number of benzene rings is 2. The van der Waals surface area contributed by atoms with Gasteiger partial charge in [0, 0.05) is 31.7 Å². The monoisotopic (exact) mass is 348 g/mol. The Morgan fingerprint density at radius 3 is 2.24 bits per heavy atom. The number of amides is 1. The molecule has 2 aromatic rings. The highest BCUT2D eigenvalue weighted by molar-refractivity contribution is 5.94. The molecule has 1 fully saturated rings. The minimum absolute atomic E-state index is 0.0240. The molecule has 132 valence electrons. The van der Waals surface area contributed by atoms with Gasteiger partial charge >= 0.3 is 6.61 Å². The second-order valence-corrected chi connectivity index (χ2v) is 5.67. The zero-order chi connectivity index (χ0) is 17.8. The number of ether oxygens (including phenoxy) is 1. The van der Waals surface area contributed by atoms with Gasteiger partial charge in [0.15, 0.2) is 0 Å². The van der Waals surface area contributed by atoms with Crippen LogP contribution < -0.4 is 9.64 Å². The molecule has 1 aliphatic rings. The van der Waals surface area contributed by atoms with E-state index in [-0.39, 0.29) is 17.4 Å². The molecular formula is C18H18F2N2O3. The molecular weight excluding hydrogens is 330 g/mol. The second-order valence-electron chi connectivity index (χ2n) is 5.67. The van der Waals surface area contributed by atoms with Crippen molar-refractivity contribution in [2.45, 2.75) is 6.61 Å². The number of carbonyl (C=O) groups is 1. The van der Waals surface area contributed by atoms with Gasteiger partial charge in [0.2, 0.25) is 0 Å². The van der Waals surface area contributed by atoms with Crippen LogP contribution in [0.1, 0.15) is 10.4 Å². The quantitative estimate of drug-likeness (QED) is 0.923. The van der Waals surface area contributed by atoms with Crippen LogP contribution in [0.4, 0.5) is 14.5 Å². The van der Waals surface area contributed by atoms with Crippen LogP contribution in [0, 0.1) is 0 Å². The number of hydrogen-bond donors (Lipinski definition) is 1. The Hall–Kier alpha value is -2.83. The Morgan fingerprint density at radius 1 is 1.00 bits per heavy atom.